The van der Waals surface area contributed by atoms with Crippen molar-refractivity contribution in [1.82, 2.24) is 24.7 Å². The molecular weight excluding hydrogens is 430 g/mol. The Labute approximate surface area is 186 Å². The molecule has 30 heavy (non-hydrogen) atoms. The minimum absolute atomic E-state index is 0.729. The molecule has 4 heterocycles. The quantitative estimate of drug-likeness (QED) is 0.298. The van der Waals surface area contributed by atoms with Crippen LogP contribution in [0.2, 0.25) is 0 Å². The average Bonchev–Trinajstić information content (AvgIpc) is 3.55. The molecule has 0 aliphatic carbocycles. The Kier molecular flexibility index (Phi) is 5.69. The minimum Gasteiger partial charge on any atom is -0.274 e. The Morgan fingerprint density at radius 3 is 2.60 bits per heavy atom. The van der Waals surface area contributed by atoms with E-state index in [9.17, 15) is 0 Å². The van der Waals surface area contributed by atoms with E-state index in [0.717, 1.165) is 45.2 Å². The second kappa shape index (κ2) is 8.91. The van der Waals surface area contributed by atoms with Crippen molar-refractivity contribution in [2.45, 2.75) is 17.3 Å². The van der Waals surface area contributed by atoms with E-state index in [2.05, 4.69) is 54.8 Å². The third-order valence-corrected chi connectivity index (χ3v) is 7.16. The van der Waals surface area contributed by atoms with E-state index in [4.69, 9.17) is 4.98 Å². The lowest BCUT2D eigenvalue weighted by Crippen LogP contribution is -2.03. The van der Waals surface area contributed by atoms with Crippen LogP contribution in [0.25, 0.3) is 16.4 Å². The van der Waals surface area contributed by atoms with Gasteiger partial charge in [0.2, 0.25) is 0 Å². The first-order valence-electron chi connectivity index (χ1n) is 9.37. The van der Waals surface area contributed by atoms with Gasteiger partial charge in [-0.25, -0.2) is 4.98 Å². The highest BCUT2D eigenvalue weighted by molar-refractivity contribution is 7.98. The van der Waals surface area contributed by atoms with Gasteiger partial charge in [0.1, 0.15) is 10.8 Å². The first kappa shape index (κ1) is 19.2. The van der Waals surface area contributed by atoms with E-state index in [-0.39, 0.29) is 0 Å². The molecule has 5 nitrogen and oxygen atoms in total. The predicted octanol–water partition coefficient (Wildman–Crippen LogP) is 5.73. The molecule has 0 radical (unpaired) electrons. The molecule has 0 spiro atoms. The molecule has 0 saturated heterocycles. The topological polar surface area (TPSA) is 56.5 Å². The van der Waals surface area contributed by atoms with Crippen LogP contribution >= 0.6 is 34.4 Å². The highest BCUT2D eigenvalue weighted by Crippen LogP contribution is 2.29. The first-order chi connectivity index (χ1) is 14.9. The Morgan fingerprint density at radius 1 is 0.900 bits per heavy atom. The van der Waals surface area contributed by atoms with Gasteiger partial charge < -0.3 is 0 Å². The van der Waals surface area contributed by atoms with Crippen LogP contribution in [0.3, 0.4) is 0 Å². The third-order valence-electron chi connectivity index (χ3n) is 4.41. The van der Waals surface area contributed by atoms with Gasteiger partial charge in [-0.2, -0.15) is 0 Å². The molecule has 0 fully saturated rings. The number of hydrogen-bond acceptors (Lipinski definition) is 7. The monoisotopic (exact) mass is 447 g/mol. The zero-order valence-corrected chi connectivity index (χ0v) is 18.3. The normalized spacial score (nSPS) is 11.1. The summed E-state index contributed by atoms with van der Waals surface area (Å²) >= 11 is 5.01. The molecule has 0 unspecified atom stereocenters. The van der Waals surface area contributed by atoms with Crippen LogP contribution in [0.1, 0.15) is 16.4 Å². The number of hydrogen-bond donors (Lipinski definition) is 0. The summed E-state index contributed by atoms with van der Waals surface area (Å²) in [6.07, 6.45) is 2.56. The maximum atomic E-state index is 4.74. The lowest BCUT2D eigenvalue weighted by Gasteiger charge is -2.09. The van der Waals surface area contributed by atoms with E-state index in [0.29, 0.717) is 0 Å². The largest absolute Gasteiger partial charge is 0.274 e. The predicted molar refractivity (Wildman–Crippen MR) is 123 cm³/mol. The van der Waals surface area contributed by atoms with Crippen molar-refractivity contribution in [3.05, 3.63) is 94.0 Å². The molecule has 5 rings (SSSR count). The Hall–Kier alpha value is -2.81. The lowest BCUT2D eigenvalue weighted by molar-refractivity contribution is 0.850. The Bertz CT molecular complexity index is 1210. The number of para-hydroxylation sites is 1. The maximum Gasteiger partial charge on any atom is 0.196 e. The van der Waals surface area contributed by atoms with Crippen LogP contribution in [0.15, 0.2) is 82.8 Å². The molecule has 0 bridgehead atoms. The van der Waals surface area contributed by atoms with E-state index in [1.807, 2.05) is 36.4 Å². The second-order valence-corrected chi connectivity index (χ2v) is 9.31. The first-order valence-corrected chi connectivity index (χ1v) is 12.1. The van der Waals surface area contributed by atoms with Crippen molar-refractivity contribution in [2.75, 3.05) is 0 Å². The number of thioether (sulfide) groups is 1. The van der Waals surface area contributed by atoms with Gasteiger partial charge >= 0.3 is 0 Å². The zero-order chi connectivity index (χ0) is 20.2. The molecular formula is C22H17N5S3. The van der Waals surface area contributed by atoms with Crippen LogP contribution in [0, 0.1) is 0 Å². The fourth-order valence-electron chi connectivity index (χ4n) is 3.03. The van der Waals surface area contributed by atoms with E-state index < -0.39 is 0 Å². The summed E-state index contributed by atoms with van der Waals surface area (Å²) in [6.45, 7) is 0. The van der Waals surface area contributed by atoms with Gasteiger partial charge in [0.15, 0.2) is 5.16 Å². The summed E-state index contributed by atoms with van der Waals surface area (Å²) in [5.74, 6) is 1.67. The number of benzene rings is 1. The van der Waals surface area contributed by atoms with Gasteiger partial charge in [-0.1, -0.05) is 42.1 Å². The van der Waals surface area contributed by atoms with Gasteiger partial charge in [-0.3, -0.25) is 9.55 Å². The van der Waals surface area contributed by atoms with Gasteiger partial charge in [0.25, 0.3) is 0 Å². The van der Waals surface area contributed by atoms with E-state index in [1.165, 1.54) is 4.88 Å². The molecule has 4 aromatic heterocycles. The van der Waals surface area contributed by atoms with Crippen molar-refractivity contribution in [2.24, 2.45) is 0 Å². The Balaban J connectivity index is 1.39. The number of thiazole rings is 1. The van der Waals surface area contributed by atoms with E-state index in [1.54, 1.807) is 40.6 Å². The number of pyridine rings is 1. The van der Waals surface area contributed by atoms with Crippen LogP contribution < -0.4 is 0 Å². The van der Waals surface area contributed by atoms with Crippen LogP contribution in [-0.2, 0) is 12.2 Å². The number of rotatable bonds is 7. The smallest absolute Gasteiger partial charge is 0.196 e. The second-order valence-electron chi connectivity index (χ2n) is 6.47. The van der Waals surface area contributed by atoms with Crippen molar-refractivity contribution >= 4 is 34.4 Å². The molecule has 0 amide bonds. The third kappa shape index (κ3) is 4.21. The highest BCUT2D eigenvalue weighted by Gasteiger charge is 2.16. The zero-order valence-electron chi connectivity index (χ0n) is 15.9. The maximum absolute atomic E-state index is 4.74. The standard InChI is InChI=1S/C22H17N5S3/c1-2-7-17(8-3-1)27-20(13-18-9-6-12-28-18)25-26-22(27)30-15-16-14-29-21(24-16)19-10-4-5-11-23-19/h1-12,14H,13,15H2. The molecule has 148 valence electrons. The van der Waals surface area contributed by atoms with Crippen molar-refractivity contribution < 1.29 is 0 Å². The van der Waals surface area contributed by atoms with Crippen molar-refractivity contribution in [3.8, 4) is 16.4 Å². The SMILES string of the molecule is c1ccc(-n2c(Cc3cccs3)nnc2SCc2csc(-c3ccccn3)n2)cc1. The molecule has 0 N–H and O–H groups in total. The summed E-state index contributed by atoms with van der Waals surface area (Å²) in [4.78, 5) is 10.4. The number of aromatic nitrogens is 5. The van der Waals surface area contributed by atoms with Crippen molar-refractivity contribution in [1.29, 1.82) is 0 Å². The molecule has 5 aromatic rings. The number of thiophene rings is 1. The van der Waals surface area contributed by atoms with Gasteiger partial charge in [-0.05, 0) is 35.7 Å². The van der Waals surface area contributed by atoms with Gasteiger partial charge in [-0.15, -0.1) is 32.9 Å². The van der Waals surface area contributed by atoms with Crippen LogP contribution in [0.5, 0.6) is 0 Å². The molecule has 0 atom stereocenters. The average molecular weight is 448 g/mol. The number of nitrogens with zero attached hydrogens (tertiary/aromatic N) is 5. The molecule has 0 aliphatic rings. The lowest BCUT2D eigenvalue weighted by atomic mass is 10.3. The van der Waals surface area contributed by atoms with Crippen LogP contribution in [-0.4, -0.2) is 24.7 Å². The van der Waals surface area contributed by atoms with Crippen LogP contribution in [0.4, 0.5) is 0 Å². The van der Waals surface area contributed by atoms with Gasteiger partial charge in [0, 0.05) is 34.3 Å². The summed E-state index contributed by atoms with van der Waals surface area (Å²) in [5.41, 5.74) is 3.00. The summed E-state index contributed by atoms with van der Waals surface area (Å²) in [5, 5.41) is 15.0. The molecule has 0 aliphatic heterocycles. The Morgan fingerprint density at radius 2 is 1.80 bits per heavy atom. The summed E-state index contributed by atoms with van der Waals surface area (Å²) in [7, 11) is 0. The van der Waals surface area contributed by atoms with E-state index >= 15 is 0 Å². The fraction of sp³-hybridized carbons (Fsp3) is 0.0909. The molecule has 1 aromatic carbocycles. The fourth-order valence-corrected chi connectivity index (χ4v) is 5.50. The van der Waals surface area contributed by atoms with Gasteiger partial charge in [0.05, 0.1) is 11.4 Å². The highest BCUT2D eigenvalue weighted by atomic mass is 32.2. The minimum atomic E-state index is 0.729. The summed E-state index contributed by atoms with van der Waals surface area (Å²) in [6, 6.07) is 20.4. The molecule has 0 saturated carbocycles. The molecule has 8 heteroatoms. The summed E-state index contributed by atoms with van der Waals surface area (Å²) < 4.78 is 2.15. The van der Waals surface area contributed by atoms with Crippen molar-refractivity contribution in [3.63, 3.8) is 0 Å².